The van der Waals surface area contributed by atoms with Crippen LogP contribution in [0.25, 0.3) is 66.3 Å². The number of para-hydroxylation sites is 2. The van der Waals surface area contributed by atoms with E-state index in [9.17, 15) is 0 Å². The Labute approximate surface area is 327 Å². The zero-order chi connectivity index (χ0) is 37.7. The van der Waals surface area contributed by atoms with Crippen LogP contribution in [0.1, 0.15) is 5.56 Å². The van der Waals surface area contributed by atoms with Gasteiger partial charge in [0, 0.05) is 46.5 Å². The van der Waals surface area contributed by atoms with Crippen molar-refractivity contribution in [1.82, 2.24) is 4.68 Å². The van der Waals surface area contributed by atoms with Crippen LogP contribution in [0.5, 0.6) is 0 Å². The molecule has 8 aromatic carbocycles. The van der Waals surface area contributed by atoms with Crippen molar-refractivity contribution in [3.63, 3.8) is 0 Å². The van der Waals surface area contributed by atoms with Crippen molar-refractivity contribution in [2.24, 2.45) is 4.99 Å². The Morgan fingerprint density at radius 2 is 1.02 bits per heavy atom. The Hall–Kier alpha value is -7.43. The van der Waals surface area contributed by atoms with Gasteiger partial charge in [0.05, 0.1) is 16.7 Å². The second-order valence-electron chi connectivity index (χ2n) is 13.8. The highest BCUT2D eigenvalue weighted by molar-refractivity contribution is 6.10. The van der Waals surface area contributed by atoms with Crippen LogP contribution in [0.15, 0.2) is 217 Å². The van der Waals surface area contributed by atoms with Crippen molar-refractivity contribution in [3.05, 3.63) is 218 Å². The lowest BCUT2D eigenvalue weighted by Crippen LogP contribution is -2.08. The van der Waals surface area contributed by atoms with Gasteiger partial charge in [-0.05, 0) is 87.5 Å². The number of rotatable bonds is 10. The summed E-state index contributed by atoms with van der Waals surface area (Å²) in [5, 5.41) is 6.02. The average Bonchev–Trinajstić information content (AvgIpc) is 3.59. The van der Waals surface area contributed by atoms with E-state index < -0.39 is 0 Å². The fraction of sp³-hybridized carbons (Fsp3) is 0.0192. The van der Waals surface area contributed by atoms with Crippen molar-refractivity contribution in [2.75, 3.05) is 17.8 Å². The zero-order valence-corrected chi connectivity index (χ0v) is 31.1. The Bertz CT molecular complexity index is 2830. The molecule has 0 spiro atoms. The highest BCUT2D eigenvalue weighted by Gasteiger charge is 2.14. The molecule has 0 atom stereocenters. The molecule has 0 aliphatic carbocycles. The highest BCUT2D eigenvalue weighted by Crippen LogP contribution is 2.37. The fourth-order valence-electron chi connectivity index (χ4n) is 7.49. The summed E-state index contributed by atoms with van der Waals surface area (Å²) in [6, 6.07) is 70.7. The SMILES string of the molecule is CN=C(/C=C\Nn1c2ccccc2c2ccc(-c3ccc(Nc4ccccc4)c(-c4ccccc4)c3)cc21)c1cccc(-c2ccc(-c3ccccc3)cc2)c1. The molecule has 0 radical (unpaired) electrons. The Morgan fingerprint density at radius 1 is 0.464 bits per heavy atom. The number of aromatic nitrogens is 1. The quantitative estimate of drug-likeness (QED) is 0.138. The first-order valence-corrected chi connectivity index (χ1v) is 18.9. The number of nitrogens with zero attached hydrogens (tertiary/aromatic N) is 2. The molecular formula is C52H40N4. The molecule has 56 heavy (non-hydrogen) atoms. The van der Waals surface area contributed by atoms with Crippen molar-refractivity contribution in [1.29, 1.82) is 0 Å². The smallest absolute Gasteiger partial charge is 0.0715 e. The minimum absolute atomic E-state index is 0.888. The first kappa shape index (κ1) is 34.3. The summed E-state index contributed by atoms with van der Waals surface area (Å²) in [6.45, 7) is 0. The number of anilines is 2. The van der Waals surface area contributed by atoms with E-state index in [0.717, 1.165) is 61.5 Å². The van der Waals surface area contributed by atoms with Gasteiger partial charge in [-0.3, -0.25) is 9.67 Å². The number of hydrogen-bond donors (Lipinski definition) is 2. The summed E-state index contributed by atoms with van der Waals surface area (Å²) in [5.41, 5.74) is 19.2. The van der Waals surface area contributed by atoms with E-state index in [2.05, 4.69) is 208 Å². The monoisotopic (exact) mass is 720 g/mol. The maximum atomic E-state index is 4.69. The molecule has 0 fully saturated rings. The van der Waals surface area contributed by atoms with Gasteiger partial charge in [-0.1, -0.05) is 158 Å². The molecule has 9 aromatic rings. The van der Waals surface area contributed by atoms with Crippen molar-refractivity contribution < 1.29 is 0 Å². The maximum Gasteiger partial charge on any atom is 0.0715 e. The fourth-order valence-corrected chi connectivity index (χ4v) is 7.49. The lowest BCUT2D eigenvalue weighted by Gasteiger charge is -2.15. The molecule has 0 aliphatic rings. The molecule has 0 saturated heterocycles. The second-order valence-corrected chi connectivity index (χ2v) is 13.8. The molecule has 268 valence electrons. The van der Waals surface area contributed by atoms with Crippen LogP contribution in [0.3, 0.4) is 0 Å². The third-order valence-electron chi connectivity index (χ3n) is 10.3. The molecule has 0 bridgehead atoms. The standard InChI is InChI=1S/C52H40N4/c1-53-49(44-19-13-18-41(34-44)39-26-24-38(25-27-39)37-14-5-2-6-15-37)32-33-54-56-51-23-12-11-22-46(51)47-30-28-43(36-52(47)56)42-29-31-50(55-45-20-9-4-10-21-45)48(35-42)40-16-7-3-8-17-40/h2-36,54-55H,1H3/b33-32-,53-49?. The first-order chi connectivity index (χ1) is 27.7. The van der Waals surface area contributed by atoms with E-state index in [4.69, 9.17) is 0 Å². The molecule has 2 N–H and O–H groups in total. The van der Waals surface area contributed by atoms with Gasteiger partial charge in [-0.25, -0.2) is 0 Å². The van der Waals surface area contributed by atoms with Crippen molar-refractivity contribution in [3.8, 4) is 44.5 Å². The van der Waals surface area contributed by atoms with Crippen LogP contribution in [-0.2, 0) is 0 Å². The highest BCUT2D eigenvalue weighted by atomic mass is 15.4. The molecule has 0 aliphatic heterocycles. The lowest BCUT2D eigenvalue weighted by atomic mass is 9.96. The van der Waals surface area contributed by atoms with Gasteiger partial charge < -0.3 is 10.7 Å². The van der Waals surface area contributed by atoms with Crippen LogP contribution in [0, 0.1) is 0 Å². The lowest BCUT2D eigenvalue weighted by molar-refractivity contribution is 1.05. The molecule has 4 nitrogen and oxygen atoms in total. The molecule has 9 rings (SSSR count). The Kier molecular flexibility index (Phi) is 9.51. The third-order valence-corrected chi connectivity index (χ3v) is 10.3. The van der Waals surface area contributed by atoms with Gasteiger partial charge in [0.1, 0.15) is 0 Å². The van der Waals surface area contributed by atoms with Gasteiger partial charge in [0.25, 0.3) is 0 Å². The largest absolute Gasteiger partial charge is 0.355 e. The summed E-state index contributed by atoms with van der Waals surface area (Å²) < 4.78 is 2.17. The number of fused-ring (bicyclic) bond motifs is 3. The molecule has 0 amide bonds. The number of nitrogens with one attached hydrogen (secondary N) is 2. The number of hydrogen-bond acceptors (Lipinski definition) is 3. The summed E-state index contributed by atoms with van der Waals surface area (Å²) in [4.78, 5) is 4.69. The zero-order valence-electron chi connectivity index (χ0n) is 31.1. The van der Waals surface area contributed by atoms with Crippen molar-refractivity contribution in [2.45, 2.75) is 0 Å². The van der Waals surface area contributed by atoms with E-state index in [-0.39, 0.29) is 0 Å². The molecule has 1 heterocycles. The van der Waals surface area contributed by atoms with Crippen LogP contribution in [0.2, 0.25) is 0 Å². The summed E-state index contributed by atoms with van der Waals surface area (Å²) in [7, 11) is 1.85. The Morgan fingerprint density at radius 3 is 1.77 bits per heavy atom. The number of benzene rings is 8. The van der Waals surface area contributed by atoms with Gasteiger partial charge in [-0.2, -0.15) is 0 Å². The van der Waals surface area contributed by atoms with E-state index in [1.54, 1.807) is 0 Å². The summed E-state index contributed by atoms with van der Waals surface area (Å²) in [6.07, 6.45) is 4.03. The van der Waals surface area contributed by atoms with Crippen LogP contribution in [0.4, 0.5) is 11.4 Å². The minimum Gasteiger partial charge on any atom is -0.355 e. The van der Waals surface area contributed by atoms with Gasteiger partial charge in [0.15, 0.2) is 0 Å². The van der Waals surface area contributed by atoms with E-state index in [1.807, 2.05) is 31.5 Å². The number of allylic oxidation sites excluding steroid dienone is 1. The van der Waals surface area contributed by atoms with Crippen LogP contribution < -0.4 is 10.7 Å². The molecule has 0 unspecified atom stereocenters. The third kappa shape index (κ3) is 7.00. The summed E-state index contributed by atoms with van der Waals surface area (Å²) >= 11 is 0. The van der Waals surface area contributed by atoms with E-state index >= 15 is 0 Å². The Balaban J connectivity index is 1.02. The predicted octanol–water partition coefficient (Wildman–Crippen LogP) is 13.4. The average molecular weight is 721 g/mol. The molecule has 4 heteroatoms. The predicted molar refractivity (Wildman–Crippen MR) is 238 cm³/mol. The van der Waals surface area contributed by atoms with Crippen LogP contribution in [-0.4, -0.2) is 17.4 Å². The van der Waals surface area contributed by atoms with Gasteiger partial charge in [-0.15, -0.1) is 0 Å². The molecule has 0 saturated carbocycles. The number of aliphatic imine (C=N–C) groups is 1. The van der Waals surface area contributed by atoms with E-state index in [0.29, 0.717) is 0 Å². The van der Waals surface area contributed by atoms with Gasteiger partial charge >= 0.3 is 0 Å². The second kappa shape index (κ2) is 15.5. The summed E-state index contributed by atoms with van der Waals surface area (Å²) in [5.74, 6) is 0. The topological polar surface area (TPSA) is 41.4 Å². The molecule has 1 aromatic heterocycles. The van der Waals surface area contributed by atoms with Gasteiger partial charge in [0.2, 0.25) is 0 Å². The maximum absolute atomic E-state index is 4.69. The van der Waals surface area contributed by atoms with Crippen molar-refractivity contribution >= 4 is 38.9 Å². The van der Waals surface area contributed by atoms with E-state index in [1.165, 1.54) is 27.5 Å². The normalized spacial score (nSPS) is 11.7. The first-order valence-electron chi connectivity index (χ1n) is 18.9. The minimum atomic E-state index is 0.888. The van der Waals surface area contributed by atoms with Crippen LogP contribution >= 0.6 is 0 Å². The molecular weight excluding hydrogens is 681 g/mol.